The monoisotopic (exact) mass is 1020 g/mol. The number of carbonyl (C=O) groups excluding carboxylic acids is 5. The molecular weight excluding hydrogens is 952 g/mol. The number of likely N-dealkylation sites (tertiary alicyclic amines) is 3. The van der Waals surface area contributed by atoms with Crippen molar-refractivity contribution >= 4 is 52.0 Å². The van der Waals surface area contributed by atoms with Gasteiger partial charge in [-0.3, -0.25) is 33.4 Å². The molecule has 3 aromatic carbocycles. The van der Waals surface area contributed by atoms with E-state index in [1.807, 2.05) is 110 Å². The lowest BCUT2D eigenvalue weighted by atomic mass is 9.99. The second-order valence-corrected chi connectivity index (χ2v) is 19.9. The number of ketones is 2. The number of hydrogen-bond acceptors (Lipinski definition) is 12. The average Bonchev–Trinajstić information content (AvgIpc) is 4.03. The number of carbonyl (C=O) groups is 5. The molecule has 4 aliphatic rings. The van der Waals surface area contributed by atoms with Gasteiger partial charge in [0.2, 0.25) is 11.8 Å². The molecule has 0 saturated carbocycles. The average molecular weight is 1020 g/mol. The van der Waals surface area contributed by atoms with E-state index in [2.05, 4.69) is 32.8 Å². The van der Waals surface area contributed by atoms with Gasteiger partial charge in [0.25, 0.3) is 0 Å². The van der Waals surface area contributed by atoms with Gasteiger partial charge in [-0.25, -0.2) is 9.78 Å². The number of nitrogens with zero attached hydrogens (tertiary/aromatic N) is 10. The Balaban J connectivity index is 0.000000168. The highest BCUT2D eigenvalue weighted by atomic mass is 35.5. The third-order valence-electron chi connectivity index (χ3n) is 13.0. The van der Waals surface area contributed by atoms with Gasteiger partial charge in [0.15, 0.2) is 11.6 Å². The number of Topliss-reactive ketones (excluding diaryl/α,β-unsaturated/α-hetero) is 2. The van der Waals surface area contributed by atoms with Gasteiger partial charge in [0.1, 0.15) is 17.1 Å². The molecule has 4 aliphatic heterocycles. The number of methoxy groups -OCH3 is 2. The summed E-state index contributed by atoms with van der Waals surface area (Å²) in [6.07, 6.45) is 4.04. The third kappa shape index (κ3) is 13.5. The van der Waals surface area contributed by atoms with Gasteiger partial charge < -0.3 is 33.5 Å². The van der Waals surface area contributed by atoms with Gasteiger partial charge in [0.05, 0.1) is 73.3 Å². The maximum absolute atomic E-state index is 12.2. The molecule has 3 saturated heterocycles. The summed E-state index contributed by atoms with van der Waals surface area (Å²) in [6.45, 7) is 15.6. The first-order valence-electron chi connectivity index (χ1n) is 24.4. The van der Waals surface area contributed by atoms with Crippen molar-refractivity contribution in [1.82, 2.24) is 48.7 Å². The maximum atomic E-state index is 12.2. The first kappa shape index (κ1) is 54.1. The van der Waals surface area contributed by atoms with Gasteiger partial charge in [0, 0.05) is 115 Å². The van der Waals surface area contributed by atoms with Gasteiger partial charge in [-0.2, -0.15) is 10.2 Å². The van der Waals surface area contributed by atoms with E-state index in [9.17, 15) is 24.0 Å². The molecule has 19 heteroatoms. The number of imidazole rings is 1. The van der Waals surface area contributed by atoms with Gasteiger partial charge >= 0.3 is 6.09 Å². The number of benzene rings is 3. The molecule has 73 heavy (non-hydrogen) atoms. The van der Waals surface area contributed by atoms with Crippen molar-refractivity contribution in [2.24, 2.45) is 14.1 Å². The van der Waals surface area contributed by atoms with Crippen molar-refractivity contribution in [3.63, 3.8) is 0 Å². The lowest BCUT2D eigenvalue weighted by molar-refractivity contribution is -0.133. The predicted molar refractivity (Wildman–Crippen MR) is 278 cm³/mol. The zero-order valence-electron chi connectivity index (χ0n) is 43.3. The second kappa shape index (κ2) is 23.9. The molecule has 3 aromatic heterocycles. The number of rotatable bonds is 10. The van der Waals surface area contributed by atoms with Crippen LogP contribution in [0.25, 0.3) is 33.4 Å². The Hall–Kier alpha value is -6.73. The number of alkyl halides is 1. The van der Waals surface area contributed by atoms with Crippen molar-refractivity contribution < 1.29 is 38.2 Å². The zero-order chi connectivity index (χ0) is 52.6. The molecule has 7 heterocycles. The molecule has 0 N–H and O–H groups in total. The molecular formula is C54H67ClN10O8. The Morgan fingerprint density at radius 1 is 0.712 bits per heavy atom. The Bertz CT molecular complexity index is 2880. The summed E-state index contributed by atoms with van der Waals surface area (Å²) in [4.78, 5) is 70.5. The van der Waals surface area contributed by atoms with Crippen LogP contribution in [0, 0.1) is 0 Å². The van der Waals surface area contributed by atoms with Crippen LogP contribution in [0.3, 0.4) is 0 Å². The SMILES string of the molecule is CC(=O)N1CCn2c(C3CN(C(C)=O)C3)nc(-c3ccc4c(c3)c(-c3cnn(C)c3)nn4C)c2C1.COC1CN(C(=O)OC(C)(C)C)C1.COC1CN(CC(=O)c2ccccc2)C1.O=C(CCl)c1ccccc1. The van der Waals surface area contributed by atoms with Crippen LogP contribution in [-0.2, 0) is 51.0 Å². The Morgan fingerprint density at radius 3 is 1.86 bits per heavy atom. The van der Waals surface area contributed by atoms with Crippen LogP contribution in [0.5, 0.6) is 0 Å². The van der Waals surface area contributed by atoms with Crippen LogP contribution in [-0.4, -0.2) is 168 Å². The van der Waals surface area contributed by atoms with Crippen molar-refractivity contribution in [3.8, 4) is 22.5 Å². The lowest BCUT2D eigenvalue weighted by Crippen LogP contribution is -2.55. The van der Waals surface area contributed by atoms with Gasteiger partial charge in [-0.1, -0.05) is 66.7 Å². The first-order valence-corrected chi connectivity index (χ1v) is 24.9. The Kier molecular flexibility index (Phi) is 17.7. The van der Waals surface area contributed by atoms with E-state index < -0.39 is 5.60 Å². The van der Waals surface area contributed by atoms with Crippen molar-refractivity contribution in [3.05, 3.63) is 114 Å². The summed E-state index contributed by atoms with van der Waals surface area (Å²) in [7, 11) is 7.20. The maximum Gasteiger partial charge on any atom is 0.410 e. The highest BCUT2D eigenvalue weighted by Gasteiger charge is 2.37. The molecule has 0 aliphatic carbocycles. The Labute approximate surface area is 431 Å². The fourth-order valence-electron chi connectivity index (χ4n) is 8.76. The molecule has 0 spiro atoms. The molecule has 18 nitrogen and oxygen atoms in total. The fraction of sp³-hybridized carbons (Fsp3) is 0.444. The summed E-state index contributed by atoms with van der Waals surface area (Å²) in [6, 6.07) is 24.7. The number of halogens is 1. The molecule has 6 aromatic rings. The summed E-state index contributed by atoms with van der Waals surface area (Å²) in [5, 5.41) is 10.1. The van der Waals surface area contributed by atoms with Gasteiger partial charge in [-0.15, -0.1) is 11.6 Å². The number of aromatic nitrogens is 6. The molecule has 388 valence electrons. The van der Waals surface area contributed by atoms with E-state index in [1.54, 1.807) is 49.8 Å². The highest BCUT2D eigenvalue weighted by Crippen LogP contribution is 2.37. The minimum absolute atomic E-state index is 0.0257. The van der Waals surface area contributed by atoms with Crippen LogP contribution < -0.4 is 0 Å². The summed E-state index contributed by atoms with van der Waals surface area (Å²) >= 11 is 5.34. The topological polar surface area (TPSA) is 179 Å². The molecule has 3 amide bonds. The normalized spacial score (nSPS) is 15.8. The molecule has 10 rings (SSSR count). The smallest absolute Gasteiger partial charge is 0.410 e. The van der Waals surface area contributed by atoms with E-state index in [-0.39, 0.29) is 47.4 Å². The Morgan fingerprint density at radius 2 is 1.32 bits per heavy atom. The van der Waals surface area contributed by atoms with Crippen LogP contribution in [0.2, 0.25) is 0 Å². The molecule has 0 bridgehead atoms. The number of ether oxygens (including phenoxy) is 3. The molecule has 3 fully saturated rings. The highest BCUT2D eigenvalue weighted by molar-refractivity contribution is 6.30. The number of aryl methyl sites for hydroxylation is 2. The number of fused-ring (bicyclic) bond motifs is 2. The third-order valence-corrected chi connectivity index (χ3v) is 13.3. The zero-order valence-corrected chi connectivity index (χ0v) is 44.0. The minimum atomic E-state index is -0.407. The fourth-order valence-corrected chi connectivity index (χ4v) is 8.91. The minimum Gasteiger partial charge on any atom is -0.444 e. The molecule has 0 atom stereocenters. The van der Waals surface area contributed by atoms with Crippen LogP contribution in [0.15, 0.2) is 91.3 Å². The van der Waals surface area contributed by atoms with E-state index in [0.717, 1.165) is 63.6 Å². The molecule has 0 radical (unpaired) electrons. The second-order valence-electron chi connectivity index (χ2n) is 19.6. The van der Waals surface area contributed by atoms with Crippen molar-refractivity contribution in [2.45, 2.75) is 71.4 Å². The van der Waals surface area contributed by atoms with E-state index in [0.29, 0.717) is 64.0 Å². The van der Waals surface area contributed by atoms with E-state index >= 15 is 0 Å². The largest absolute Gasteiger partial charge is 0.444 e. The van der Waals surface area contributed by atoms with Crippen LogP contribution >= 0.6 is 11.6 Å². The van der Waals surface area contributed by atoms with Crippen LogP contribution in [0.4, 0.5) is 4.79 Å². The van der Waals surface area contributed by atoms with Crippen molar-refractivity contribution in [2.75, 3.05) is 72.5 Å². The standard InChI is InChI=1S/C25H28N8O2.C12H15NO2.C9H17NO3.C8H7ClO/c1-15(34)31-7-8-33-22(14-31)24(27-25(33)19-12-32(13-19)16(2)35)17-5-6-21-20(9-17)23(28-30(21)4)18-10-26-29(3)11-18;1-15-11-7-13(8-11)9-12(14)10-5-3-2-4-6-10;1-9(2,3)13-8(11)10-5-7(6-10)12-4;9-6-8(10)7-4-2-1-3-5-7/h5-6,9-11,19H,7-8,12-14H2,1-4H3;2-6,11H,7-9H2,1H3;7H,5-6H2,1-4H3;1-5H,6H2. The number of hydrogen-bond donors (Lipinski definition) is 0. The summed E-state index contributed by atoms with van der Waals surface area (Å²) < 4.78 is 21.3. The molecule has 0 unspecified atom stereocenters. The van der Waals surface area contributed by atoms with Gasteiger partial charge in [-0.05, 0) is 32.9 Å². The number of amides is 3. The summed E-state index contributed by atoms with van der Waals surface area (Å²) in [5.41, 5.74) is 6.88. The van der Waals surface area contributed by atoms with E-state index in [4.69, 9.17) is 35.9 Å². The predicted octanol–water partition coefficient (Wildman–Crippen LogP) is 6.71. The van der Waals surface area contributed by atoms with Crippen molar-refractivity contribution in [1.29, 1.82) is 0 Å². The van der Waals surface area contributed by atoms with Crippen LogP contribution in [0.1, 0.15) is 72.8 Å². The first-order chi connectivity index (χ1) is 34.9. The van der Waals surface area contributed by atoms with E-state index in [1.165, 1.54) is 0 Å². The lowest BCUT2D eigenvalue weighted by Gasteiger charge is -2.39. The summed E-state index contributed by atoms with van der Waals surface area (Å²) in [5.74, 6) is 1.60. The quantitative estimate of drug-likeness (QED) is 0.105.